The molecule has 0 radical (unpaired) electrons. The summed E-state index contributed by atoms with van der Waals surface area (Å²) in [7, 11) is 0. The van der Waals surface area contributed by atoms with Gasteiger partial charge in [-0.2, -0.15) is 4.98 Å². The molecule has 1 atom stereocenters. The molecule has 0 bridgehead atoms. The molecule has 1 saturated heterocycles. The third kappa shape index (κ3) is 2.98. The highest BCUT2D eigenvalue weighted by atomic mass is 19.1. The number of likely N-dealkylation sites (tertiary alicyclic amines) is 1. The second-order valence-electron chi connectivity index (χ2n) is 5.36. The van der Waals surface area contributed by atoms with E-state index in [-0.39, 0.29) is 24.8 Å². The largest absolute Gasteiger partial charge is 0.339 e. The van der Waals surface area contributed by atoms with Gasteiger partial charge in [0.05, 0.1) is 5.92 Å². The molecule has 1 amide bonds. The zero-order valence-corrected chi connectivity index (χ0v) is 12.1. The van der Waals surface area contributed by atoms with Crippen LogP contribution in [0.2, 0.25) is 0 Å². The van der Waals surface area contributed by atoms with E-state index in [1.54, 1.807) is 4.90 Å². The fraction of sp³-hybridized carbons (Fsp3) is 0.400. The number of halogens is 2. The third-order valence-electron chi connectivity index (χ3n) is 3.66. The Bertz CT molecular complexity index is 682. The summed E-state index contributed by atoms with van der Waals surface area (Å²) in [6, 6.07) is 3.26. The molecule has 1 aromatic heterocycles. The summed E-state index contributed by atoms with van der Waals surface area (Å²) in [5.74, 6) is -0.513. The topological polar surface area (TPSA) is 59.2 Å². The molecular weight excluding hydrogens is 292 g/mol. The summed E-state index contributed by atoms with van der Waals surface area (Å²) in [5, 5.41) is 3.82. The van der Waals surface area contributed by atoms with Gasteiger partial charge in [-0.1, -0.05) is 12.1 Å². The number of rotatable bonds is 4. The quantitative estimate of drug-likeness (QED) is 0.870. The highest BCUT2D eigenvalue weighted by molar-refractivity contribution is 5.79. The minimum atomic E-state index is -0.650. The molecule has 0 N–H and O–H groups in total. The monoisotopic (exact) mass is 307 g/mol. The molecular formula is C15H15F2N3O2. The lowest BCUT2D eigenvalue weighted by Gasteiger charge is -2.16. The van der Waals surface area contributed by atoms with E-state index in [4.69, 9.17) is 4.52 Å². The van der Waals surface area contributed by atoms with E-state index in [1.165, 1.54) is 12.1 Å². The van der Waals surface area contributed by atoms with Gasteiger partial charge in [-0.3, -0.25) is 4.79 Å². The van der Waals surface area contributed by atoms with E-state index in [1.807, 2.05) is 6.92 Å². The molecule has 0 spiro atoms. The Kier molecular flexibility index (Phi) is 3.87. The van der Waals surface area contributed by atoms with Crippen molar-refractivity contribution in [2.45, 2.75) is 32.2 Å². The van der Waals surface area contributed by atoms with Crippen LogP contribution in [0.3, 0.4) is 0 Å². The van der Waals surface area contributed by atoms with Crippen molar-refractivity contribution in [3.8, 4) is 0 Å². The Balaban J connectivity index is 1.71. The van der Waals surface area contributed by atoms with Crippen LogP contribution in [-0.4, -0.2) is 27.5 Å². The van der Waals surface area contributed by atoms with Gasteiger partial charge >= 0.3 is 0 Å². The van der Waals surface area contributed by atoms with Gasteiger partial charge in [-0.15, -0.1) is 0 Å². The summed E-state index contributed by atoms with van der Waals surface area (Å²) in [6.45, 7) is 2.49. The lowest BCUT2D eigenvalue weighted by Crippen LogP contribution is -2.24. The highest BCUT2D eigenvalue weighted by Gasteiger charge is 2.34. The molecule has 116 valence electrons. The summed E-state index contributed by atoms with van der Waals surface area (Å²) in [6.07, 6.45) is 0.930. The van der Waals surface area contributed by atoms with E-state index in [2.05, 4.69) is 10.1 Å². The predicted octanol–water partition coefficient (Wildman–Crippen LogP) is 2.43. The minimum Gasteiger partial charge on any atom is -0.339 e. The van der Waals surface area contributed by atoms with Crippen molar-refractivity contribution in [2.24, 2.45) is 0 Å². The first-order valence-corrected chi connectivity index (χ1v) is 7.10. The highest BCUT2D eigenvalue weighted by Crippen LogP contribution is 2.28. The third-order valence-corrected chi connectivity index (χ3v) is 3.66. The Morgan fingerprint density at radius 2 is 2.05 bits per heavy atom. The molecule has 5 nitrogen and oxygen atoms in total. The molecule has 2 heterocycles. The van der Waals surface area contributed by atoms with Crippen LogP contribution in [0.4, 0.5) is 8.78 Å². The first-order chi connectivity index (χ1) is 10.5. The van der Waals surface area contributed by atoms with Crippen LogP contribution in [0.15, 0.2) is 22.7 Å². The zero-order chi connectivity index (χ0) is 15.7. The maximum atomic E-state index is 13.2. The van der Waals surface area contributed by atoms with Crippen molar-refractivity contribution in [3.63, 3.8) is 0 Å². The Hall–Kier alpha value is -2.31. The van der Waals surface area contributed by atoms with Crippen molar-refractivity contribution in [1.82, 2.24) is 15.0 Å². The van der Waals surface area contributed by atoms with Crippen molar-refractivity contribution in [3.05, 3.63) is 47.1 Å². The van der Waals surface area contributed by atoms with E-state index < -0.39 is 11.6 Å². The smallest absolute Gasteiger partial charge is 0.232 e. The van der Waals surface area contributed by atoms with Gasteiger partial charge in [0.1, 0.15) is 11.6 Å². The van der Waals surface area contributed by atoms with Crippen LogP contribution >= 0.6 is 0 Å². The predicted molar refractivity (Wildman–Crippen MR) is 72.8 cm³/mol. The van der Waals surface area contributed by atoms with Crippen molar-refractivity contribution >= 4 is 5.91 Å². The number of nitrogens with zero attached hydrogens (tertiary/aromatic N) is 3. The normalized spacial score (nSPS) is 18.2. The number of benzene rings is 1. The molecule has 0 saturated carbocycles. The summed E-state index contributed by atoms with van der Waals surface area (Å²) in [4.78, 5) is 17.8. The molecule has 1 aliphatic heterocycles. The average molecular weight is 307 g/mol. The molecule has 1 aliphatic rings. The van der Waals surface area contributed by atoms with Crippen LogP contribution in [-0.2, 0) is 17.8 Å². The molecule has 2 aromatic rings. The summed E-state index contributed by atoms with van der Waals surface area (Å²) < 4.78 is 31.6. The van der Waals surface area contributed by atoms with Gasteiger partial charge in [0, 0.05) is 32.0 Å². The molecule has 22 heavy (non-hydrogen) atoms. The standard InChI is InChI=1S/C15H15F2N3O2/c1-2-13-18-15(22-19-13)10-5-14(21)20(8-10)7-9-3-11(16)6-12(17)4-9/h3-4,6,10H,2,5,7-8H2,1H3. The molecule has 1 unspecified atom stereocenters. The van der Waals surface area contributed by atoms with Crippen LogP contribution in [0.1, 0.15) is 36.5 Å². The van der Waals surface area contributed by atoms with Gasteiger partial charge in [0.15, 0.2) is 5.82 Å². The fourth-order valence-corrected chi connectivity index (χ4v) is 2.59. The van der Waals surface area contributed by atoms with Crippen LogP contribution in [0.5, 0.6) is 0 Å². The molecule has 0 aliphatic carbocycles. The van der Waals surface area contributed by atoms with Gasteiger partial charge < -0.3 is 9.42 Å². The van der Waals surface area contributed by atoms with Gasteiger partial charge in [-0.05, 0) is 17.7 Å². The van der Waals surface area contributed by atoms with Gasteiger partial charge in [-0.25, -0.2) is 8.78 Å². The van der Waals surface area contributed by atoms with Crippen molar-refractivity contribution in [1.29, 1.82) is 0 Å². The Morgan fingerprint density at radius 1 is 1.32 bits per heavy atom. The van der Waals surface area contributed by atoms with E-state index >= 15 is 0 Å². The number of aryl methyl sites for hydroxylation is 1. The van der Waals surface area contributed by atoms with Gasteiger partial charge in [0.2, 0.25) is 11.8 Å². The maximum Gasteiger partial charge on any atom is 0.232 e. The lowest BCUT2D eigenvalue weighted by atomic mass is 10.1. The van der Waals surface area contributed by atoms with E-state index in [0.29, 0.717) is 30.2 Å². The first kappa shape index (κ1) is 14.6. The van der Waals surface area contributed by atoms with E-state index in [0.717, 1.165) is 6.07 Å². The average Bonchev–Trinajstić information content (AvgIpc) is 3.05. The Morgan fingerprint density at radius 3 is 2.68 bits per heavy atom. The van der Waals surface area contributed by atoms with E-state index in [9.17, 15) is 13.6 Å². The number of carbonyl (C=O) groups excluding carboxylic acids is 1. The van der Waals surface area contributed by atoms with Crippen molar-refractivity contribution < 1.29 is 18.1 Å². The summed E-state index contributed by atoms with van der Waals surface area (Å²) in [5.41, 5.74) is 0.422. The molecule has 7 heteroatoms. The van der Waals surface area contributed by atoms with Crippen LogP contribution in [0, 0.1) is 11.6 Å². The van der Waals surface area contributed by atoms with Gasteiger partial charge in [0.25, 0.3) is 0 Å². The minimum absolute atomic E-state index is 0.0917. The SMILES string of the molecule is CCc1noc(C2CC(=O)N(Cc3cc(F)cc(F)c3)C2)n1. The second-order valence-corrected chi connectivity index (χ2v) is 5.36. The second kappa shape index (κ2) is 5.82. The summed E-state index contributed by atoms with van der Waals surface area (Å²) >= 11 is 0. The number of carbonyl (C=O) groups is 1. The first-order valence-electron chi connectivity index (χ1n) is 7.10. The Labute approximate surface area is 125 Å². The van der Waals surface area contributed by atoms with Crippen LogP contribution in [0.25, 0.3) is 0 Å². The number of hydrogen-bond acceptors (Lipinski definition) is 4. The lowest BCUT2D eigenvalue weighted by molar-refractivity contribution is -0.128. The molecule has 3 rings (SSSR count). The number of amides is 1. The molecule has 1 fully saturated rings. The van der Waals surface area contributed by atoms with Crippen molar-refractivity contribution in [2.75, 3.05) is 6.54 Å². The zero-order valence-electron chi connectivity index (χ0n) is 12.1. The van der Waals surface area contributed by atoms with Crippen LogP contribution < -0.4 is 0 Å². The number of hydrogen-bond donors (Lipinski definition) is 0. The molecule has 1 aromatic carbocycles. The fourth-order valence-electron chi connectivity index (χ4n) is 2.59. The number of aromatic nitrogens is 2. The maximum absolute atomic E-state index is 13.2.